The van der Waals surface area contributed by atoms with Crippen LogP contribution in [0.3, 0.4) is 0 Å². The van der Waals surface area contributed by atoms with Crippen molar-refractivity contribution in [1.82, 2.24) is 19.9 Å². The van der Waals surface area contributed by atoms with Crippen LogP contribution in [0.1, 0.15) is 12.8 Å². The maximum Gasteiger partial charge on any atom is 0.317 e. The molecule has 94 valence electrons. The Morgan fingerprint density at radius 1 is 1.39 bits per heavy atom. The van der Waals surface area contributed by atoms with Gasteiger partial charge in [0.15, 0.2) is 0 Å². The Balaban J connectivity index is 1.71. The van der Waals surface area contributed by atoms with Crippen molar-refractivity contribution >= 4 is 11.0 Å². The Labute approximate surface area is 106 Å². The van der Waals surface area contributed by atoms with Gasteiger partial charge in [-0.25, -0.2) is 4.98 Å². The molecule has 0 saturated carbocycles. The maximum absolute atomic E-state index is 5.68. The van der Waals surface area contributed by atoms with Crippen LogP contribution in [0.25, 0.3) is 11.0 Å². The number of likely N-dealkylation sites (tertiary alicyclic amines) is 1. The van der Waals surface area contributed by atoms with E-state index in [-0.39, 0.29) is 0 Å². The minimum Gasteiger partial charge on any atom is -0.462 e. The summed E-state index contributed by atoms with van der Waals surface area (Å²) in [5.41, 5.74) is 1.62. The molecule has 2 aromatic rings. The van der Waals surface area contributed by atoms with Crippen molar-refractivity contribution in [2.45, 2.75) is 18.9 Å². The van der Waals surface area contributed by atoms with Gasteiger partial charge >= 0.3 is 6.01 Å². The first-order chi connectivity index (χ1) is 8.83. The molecule has 1 fully saturated rings. The van der Waals surface area contributed by atoms with E-state index in [1.54, 1.807) is 12.4 Å². The van der Waals surface area contributed by atoms with Crippen LogP contribution in [0.15, 0.2) is 24.5 Å². The summed E-state index contributed by atoms with van der Waals surface area (Å²) in [6.45, 7) is 1.80. The fraction of sp³-hybridized carbons (Fsp3) is 0.462. The summed E-state index contributed by atoms with van der Waals surface area (Å²) in [5.74, 6) is 0. The summed E-state index contributed by atoms with van der Waals surface area (Å²) < 4.78 is 5.68. The van der Waals surface area contributed by atoms with Crippen molar-refractivity contribution in [1.29, 1.82) is 0 Å². The second-order valence-corrected chi connectivity index (χ2v) is 4.65. The molecule has 2 aromatic heterocycles. The first kappa shape index (κ1) is 11.3. The normalized spacial score (nSPS) is 20.4. The van der Waals surface area contributed by atoms with Crippen LogP contribution >= 0.6 is 0 Å². The van der Waals surface area contributed by atoms with E-state index in [1.165, 1.54) is 12.8 Å². The highest BCUT2D eigenvalue weighted by molar-refractivity contribution is 5.72. The molecule has 1 aliphatic heterocycles. The minimum atomic E-state index is 0.441. The van der Waals surface area contributed by atoms with E-state index >= 15 is 0 Å². The summed E-state index contributed by atoms with van der Waals surface area (Å²) in [6, 6.07) is 4.71. The molecule has 0 aromatic carbocycles. The lowest BCUT2D eigenvalue weighted by atomic mass is 10.2. The molecule has 0 radical (unpaired) electrons. The molecule has 3 rings (SSSR count). The summed E-state index contributed by atoms with van der Waals surface area (Å²) in [5, 5.41) is 0. The largest absolute Gasteiger partial charge is 0.462 e. The van der Waals surface area contributed by atoms with Gasteiger partial charge in [-0.2, -0.15) is 4.98 Å². The first-order valence-corrected chi connectivity index (χ1v) is 6.24. The van der Waals surface area contributed by atoms with Crippen LogP contribution in [0.5, 0.6) is 6.01 Å². The molecule has 3 heterocycles. The van der Waals surface area contributed by atoms with Gasteiger partial charge in [0.05, 0.1) is 11.7 Å². The van der Waals surface area contributed by atoms with Crippen LogP contribution in [0.2, 0.25) is 0 Å². The summed E-state index contributed by atoms with van der Waals surface area (Å²) in [7, 11) is 2.13. The lowest BCUT2D eigenvalue weighted by Crippen LogP contribution is -2.30. The minimum absolute atomic E-state index is 0.441. The van der Waals surface area contributed by atoms with Gasteiger partial charge in [-0.05, 0) is 38.6 Å². The number of hydrogen-bond donors (Lipinski definition) is 0. The van der Waals surface area contributed by atoms with Crippen LogP contribution in [0.4, 0.5) is 0 Å². The van der Waals surface area contributed by atoms with Gasteiger partial charge in [0, 0.05) is 12.2 Å². The summed E-state index contributed by atoms with van der Waals surface area (Å²) >= 11 is 0. The molecular weight excluding hydrogens is 228 g/mol. The molecule has 5 nitrogen and oxygen atoms in total. The van der Waals surface area contributed by atoms with Crippen LogP contribution in [-0.4, -0.2) is 46.1 Å². The highest BCUT2D eigenvalue weighted by atomic mass is 16.5. The molecule has 18 heavy (non-hydrogen) atoms. The third-order valence-corrected chi connectivity index (χ3v) is 3.41. The van der Waals surface area contributed by atoms with E-state index in [1.807, 2.05) is 12.1 Å². The van der Waals surface area contributed by atoms with Crippen molar-refractivity contribution in [3.63, 3.8) is 0 Å². The lowest BCUT2D eigenvalue weighted by Gasteiger charge is -2.18. The Kier molecular flexibility index (Phi) is 3.06. The zero-order valence-electron chi connectivity index (χ0n) is 10.4. The van der Waals surface area contributed by atoms with Crippen molar-refractivity contribution in [2.75, 3.05) is 20.2 Å². The molecule has 0 spiro atoms. The molecular formula is C13H16N4O. The molecule has 0 unspecified atom stereocenters. The van der Waals surface area contributed by atoms with Crippen LogP contribution in [0, 0.1) is 0 Å². The molecule has 0 amide bonds. The predicted molar refractivity (Wildman–Crippen MR) is 68.5 cm³/mol. The standard InChI is InChI=1S/C13H16N4O/c1-17-7-3-4-10(17)9-18-13-15-8-12-11(16-13)5-2-6-14-12/h2,5-6,8,10H,3-4,7,9H2,1H3/t10-/m0/s1. The SMILES string of the molecule is CN1CCC[C@H]1COc1ncc2ncccc2n1. The van der Waals surface area contributed by atoms with E-state index < -0.39 is 0 Å². The topological polar surface area (TPSA) is 51.1 Å². The predicted octanol–water partition coefficient (Wildman–Crippen LogP) is 1.50. The second kappa shape index (κ2) is 4.86. The highest BCUT2D eigenvalue weighted by Crippen LogP contribution is 2.16. The lowest BCUT2D eigenvalue weighted by molar-refractivity contribution is 0.188. The second-order valence-electron chi connectivity index (χ2n) is 4.65. The first-order valence-electron chi connectivity index (χ1n) is 6.24. The number of likely N-dealkylation sites (N-methyl/N-ethyl adjacent to an activating group) is 1. The number of ether oxygens (including phenoxy) is 1. The van der Waals surface area contributed by atoms with Crippen LogP contribution in [-0.2, 0) is 0 Å². The van der Waals surface area contributed by atoms with E-state index in [0.29, 0.717) is 18.7 Å². The Morgan fingerprint density at radius 2 is 2.33 bits per heavy atom. The van der Waals surface area contributed by atoms with Crippen molar-refractivity contribution < 1.29 is 4.74 Å². The number of fused-ring (bicyclic) bond motifs is 1. The van der Waals surface area contributed by atoms with Gasteiger partial charge < -0.3 is 9.64 Å². The third-order valence-electron chi connectivity index (χ3n) is 3.41. The molecule has 0 N–H and O–H groups in total. The molecule has 1 saturated heterocycles. The zero-order valence-corrected chi connectivity index (χ0v) is 10.4. The molecule has 1 aliphatic rings. The van der Waals surface area contributed by atoms with Crippen molar-refractivity contribution in [3.8, 4) is 6.01 Å². The number of aromatic nitrogens is 3. The van der Waals surface area contributed by atoms with Gasteiger partial charge in [-0.3, -0.25) is 4.98 Å². The van der Waals surface area contributed by atoms with E-state index in [4.69, 9.17) is 4.74 Å². The van der Waals surface area contributed by atoms with Crippen LogP contribution < -0.4 is 4.74 Å². The molecule has 1 atom stereocenters. The van der Waals surface area contributed by atoms with Crippen molar-refractivity contribution in [3.05, 3.63) is 24.5 Å². The van der Waals surface area contributed by atoms with Gasteiger partial charge in [0.2, 0.25) is 0 Å². The van der Waals surface area contributed by atoms with Gasteiger partial charge in [0.1, 0.15) is 12.1 Å². The Hall–Kier alpha value is -1.75. The van der Waals surface area contributed by atoms with Crippen molar-refractivity contribution in [2.24, 2.45) is 0 Å². The van der Waals surface area contributed by atoms with E-state index in [9.17, 15) is 0 Å². The Morgan fingerprint density at radius 3 is 3.17 bits per heavy atom. The quantitative estimate of drug-likeness (QED) is 0.819. The number of rotatable bonds is 3. The third kappa shape index (κ3) is 2.26. The van der Waals surface area contributed by atoms with Gasteiger partial charge in [0.25, 0.3) is 0 Å². The van der Waals surface area contributed by atoms with Gasteiger partial charge in [-0.1, -0.05) is 0 Å². The number of pyridine rings is 1. The van der Waals surface area contributed by atoms with E-state index in [0.717, 1.165) is 17.6 Å². The fourth-order valence-corrected chi connectivity index (χ4v) is 2.28. The average molecular weight is 244 g/mol. The molecule has 5 heteroatoms. The van der Waals surface area contributed by atoms with Gasteiger partial charge in [-0.15, -0.1) is 0 Å². The molecule has 0 bridgehead atoms. The smallest absolute Gasteiger partial charge is 0.317 e. The molecule has 0 aliphatic carbocycles. The maximum atomic E-state index is 5.68. The number of nitrogens with zero attached hydrogens (tertiary/aromatic N) is 4. The Bertz CT molecular complexity index is 545. The summed E-state index contributed by atoms with van der Waals surface area (Å²) in [6.07, 6.45) is 5.87. The highest BCUT2D eigenvalue weighted by Gasteiger charge is 2.21. The number of hydrogen-bond acceptors (Lipinski definition) is 5. The van der Waals surface area contributed by atoms with E-state index in [2.05, 4.69) is 26.9 Å². The average Bonchev–Trinajstić information content (AvgIpc) is 2.82. The zero-order chi connectivity index (χ0) is 12.4. The fourth-order valence-electron chi connectivity index (χ4n) is 2.28. The summed E-state index contributed by atoms with van der Waals surface area (Å²) in [4.78, 5) is 15.0. The monoisotopic (exact) mass is 244 g/mol.